The van der Waals surface area contributed by atoms with E-state index in [1.165, 1.54) is 6.92 Å². The molecular weight excluding hydrogens is 312 g/mol. The fourth-order valence-electron chi connectivity index (χ4n) is 1.69. The molecule has 1 rings (SSSR count). The van der Waals surface area contributed by atoms with E-state index in [-0.39, 0.29) is 5.57 Å². The number of ether oxygens (including phenoxy) is 1. The highest BCUT2D eigenvalue weighted by Gasteiger charge is 2.32. The number of Topliss-reactive ketones (excluding diaryl/α,β-unsaturated/α-hetero) is 1. The lowest BCUT2D eigenvalue weighted by molar-refractivity contribution is -0.394. The number of aliphatic hydroxyl groups is 1. The molecule has 0 amide bonds. The maximum absolute atomic E-state index is 12.1. The molecule has 0 aromatic heterocycles. The van der Waals surface area contributed by atoms with Gasteiger partial charge in [0, 0.05) is 6.07 Å². The largest absolute Gasteiger partial charge is 0.460 e. The molecule has 23 heavy (non-hydrogen) atoms. The first kappa shape index (κ1) is 17.9. The van der Waals surface area contributed by atoms with Crippen molar-refractivity contribution in [3.63, 3.8) is 0 Å². The van der Waals surface area contributed by atoms with Crippen molar-refractivity contribution in [1.29, 1.82) is 0 Å². The number of non-ortho nitro benzene ring substituents is 1. The molecule has 0 aliphatic heterocycles. The Labute approximate surface area is 129 Å². The van der Waals surface area contributed by atoms with Gasteiger partial charge in [-0.2, -0.15) is 0 Å². The normalized spacial score (nSPS) is 10.0. The van der Waals surface area contributed by atoms with E-state index in [1.54, 1.807) is 0 Å². The molecule has 0 unspecified atom stereocenters. The van der Waals surface area contributed by atoms with Crippen LogP contribution in [0.1, 0.15) is 27.6 Å². The molecule has 122 valence electrons. The van der Waals surface area contributed by atoms with Crippen LogP contribution in [0.25, 0.3) is 0 Å². The topological polar surface area (TPSA) is 150 Å². The summed E-state index contributed by atoms with van der Waals surface area (Å²) < 4.78 is 4.60. The van der Waals surface area contributed by atoms with E-state index in [9.17, 15) is 29.8 Å². The van der Waals surface area contributed by atoms with Gasteiger partial charge in [-0.15, -0.1) is 0 Å². The molecule has 1 aromatic rings. The van der Waals surface area contributed by atoms with Crippen LogP contribution < -0.4 is 0 Å². The molecule has 0 aliphatic carbocycles. The predicted octanol–water partition coefficient (Wildman–Crippen LogP) is 1.41. The van der Waals surface area contributed by atoms with E-state index in [4.69, 9.17) is 5.11 Å². The maximum Gasteiger partial charge on any atom is 0.339 e. The van der Waals surface area contributed by atoms with Crippen LogP contribution >= 0.6 is 0 Å². The van der Waals surface area contributed by atoms with E-state index in [1.807, 2.05) is 0 Å². The Morgan fingerprint density at radius 2 is 1.87 bits per heavy atom. The summed E-state index contributed by atoms with van der Waals surface area (Å²) in [6.45, 7) is 3.67. The molecule has 0 aliphatic rings. The van der Waals surface area contributed by atoms with E-state index in [0.29, 0.717) is 12.1 Å². The minimum Gasteiger partial charge on any atom is -0.460 e. The van der Waals surface area contributed by atoms with Gasteiger partial charge in [0.15, 0.2) is 5.78 Å². The van der Waals surface area contributed by atoms with Gasteiger partial charge in [0.25, 0.3) is 11.4 Å². The molecule has 10 heteroatoms. The van der Waals surface area contributed by atoms with Crippen molar-refractivity contribution in [2.45, 2.75) is 6.92 Å². The Bertz CT molecular complexity index is 710. The third-order valence-corrected chi connectivity index (χ3v) is 2.67. The van der Waals surface area contributed by atoms with Gasteiger partial charge in [0.05, 0.1) is 28.1 Å². The number of carbonyl (C=O) groups excluding carboxylic acids is 2. The van der Waals surface area contributed by atoms with Crippen molar-refractivity contribution in [1.82, 2.24) is 0 Å². The lowest BCUT2D eigenvalue weighted by atomic mass is 9.97. The summed E-state index contributed by atoms with van der Waals surface area (Å²) in [5, 5.41) is 30.6. The molecule has 0 radical (unpaired) electrons. The number of carbonyl (C=O) groups is 2. The minimum atomic E-state index is -1.20. The van der Waals surface area contributed by atoms with Crippen molar-refractivity contribution in [2.75, 3.05) is 13.2 Å². The zero-order chi connectivity index (χ0) is 17.7. The number of hydrogen-bond donors (Lipinski definition) is 1. The van der Waals surface area contributed by atoms with Gasteiger partial charge in [-0.1, -0.05) is 6.58 Å². The van der Waals surface area contributed by atoms with Crippen LogP contribution in [0.15, 0.2) is 24.3 Å². The second-order valence-electron chi connectivity index (χ2n) is 4.37. The van der Waals surface area contributed by atoms with Crippen LogP contribution in [0.2, 0.25) is 0 Å². The highest BCUT2D eigenvalue weighted by Crippen LogP contribution is 2.31. The van der Waals surface area contributed by atoms with E-state index in [0.717, 1.165) is 0 Å². The van der Waals surface area contributed by atoms with E-state index >= 15 is 0 Å². The average Bonchev–Trinajstić information content (AvgIpc) is 2.50. The Kier molecular flexibility index (Phi) is 5.62. The molecule has 0 atom stereocenters. The summed E-state index contributed by atoms with van der Waals surface area (Å²) in [5.74, 6) is -2.11. The Morgan fingerprint density at radius 3 is 2.30 bits per heavy atom. The van der Waals surface area contributed by atoms with Crippen molar-refractivity contribution < 1.29 is 29.3 Å². The standard InChI is InChI=1S/C13H12N2O8/c1-7(2)12(17)11-9(13(18)23-4-3-16)5-8(14(19)20)6-10(11)15(21)22/h5-6,16H,1,3-4H2,2H3. The van der Waals surface area contributed by atoms with Gasteiger partial charge < -0.3 is 9.84 Å². The smallest absolute Gasteiger partial charge is 0.339 e. The summed E-state index contributed by atoms with van der Waals surface area (Å²) in [4.78, 5) is 44.1. The van der Waals surface area contributed by atoms with Gasteiger partial charge in [0.2, 0.25) is 0 Å². The van der Waals surface area contributed by atoms with Crippen molar-refractivity contribution in [2.24, 2.45) is 0 Å². The minimum absolute atomic E-state index is 0.0989. The first-order chi connectivity index (χ1) is 10.7. The molecule has 1 N–H and O–H groups in total. The van der Waals surface area contributed by atoms with Crippen LogP contribution in [-0.2, 0) is 4.74 Å². The van der Waals surface area contributed by atoms with Crippen LogP contribution in [-0.4, -0.2) is 39.9 Å². The number of nitro benzene ring substituents is 2. The van der Waals surface area contributed by atoms with Crippen LogP contribution in [0, 0.1) is 20.2 Å². The van der Waals surface area contributed by atoms with Crippen LogP contribution in [0.4, 0.5) is 11.4 Å². The number of nitrogens with zero attached hydrogens (tertiary/aromatic N) is 2. The number of aliphatic hydroxyl groups excluding tert-OH is 1. The summed E-state index contributed by atoms with van der Waals surface area (Å²) in [6, 6.07) is 1.29. The first-order valence-corrected chi connectivity index (χ1v) is 6.15. The lowest BCUT2D eigenvalue weighted by Gasteiger charge is -2.09. The quantitative estimate of drug-likeness (QED) is 0.260. The first-order valence-electron chi connectivity index (χ1n) is 6.15. The summed E-state index contributed by atoms with van der Waals surface area (Å²) in [7, 11) is 0. The Balaban J connectivity index is 3.69. The molecular formula is C13H12N2O8. The number of esters is 1. The molecule has 1 aromatic carbocycles. The van der Waals surface area contributed by atoms with Gasteiger partial charge in [-0.05, 0) is 12.5 Å². The number of benzene rings is 1. The Hall–Kier alpha value is -3.14. The maximum atomic E-state index is 12.1. The number of nitro groups is 2. The highest BCUT2D eigenvalue weighted by atomic mass is 16.6. The number of hydrogen-bond acceptors (Lipinski definition) is 8. The number of allylic oxidation sites excluding steroid dienone is 1. The number of ketones is 1. The van der Waals surface area contributed by atoms with Crippen molar-refractivity contribution >= 4 is 23.1 Å². The predicted molar refractivity (Wildman–Crippen MR) is 76.3 cm³/mol. The average molecular weight is 324 g/mol. The molecule has 0 saturated heterocycles. The van der Waals surface area contributed by atoms with Gasteiger partial charge >= 0.3 is 5.97 Å². The molecule has 0 spiro atoms. The monoisotopic (exact) mass is 324 g/mol. The fraction of sp³-hybridized carbons (Fsp3) is 0.231. The molecule has 0 fully saturated rings. The molecule has 0 heterocycles. The molecule has 10 nitrogen and oxygen atoms in total. The SMILES string of the molecule is C=C(C)C(=O)c1c(C(=O)OCCO)cc([N+](=O)[O-])cc1[N+](=O)[O-]. The third kappa shape index (κ3) is 3.95. The van der Waals surface area contributed by atoms with Gasteiger partial charge in [0.1, 0.15) is 12.2 Å². The number of rotatable bonds is 7. The van der Waals surface area contributed by atoms with E-state index in [2.05, 4.69) is 11.3 Å². The Morgan fingerprint density at radius 1 is 1.26 bits per heavy atom. The zero-order valence-electron chi connectivity index (χ0n) is 12.0. The van der Waals surface area contributed by atoms with E-state index < -0.39 is 57.3 Å². The zero-order valence-corrected chi connectivity index (χ0v) is 12.0. The molecule has 0 saturated carbocycles. The van der Waals surface area contributed by atoms with Gasteiger partial charge in [-0.25, -0.2) is 4.79 Å². The highest BCUT2D eigenvalue weighted by molar-refractivity contribution is 6.16. The third-order valence-electron chi connectivity index (χ3n) is 2.67. The summed E-state index contributed by atoms with van der Waals surface area (Å²) >= 11 is 0. The summed E-state index contributed by atoms with van der Waals surface area (Å²) in [6.07, 6.45) is 0. The fourth-order valence-corrected chi connectivity index (χ4v) is 1.69. The lowest BCUT2D eigenvalue weighted by Crippen LogP contribution is -2.16. The van der Waals surface area contributed by atoms with Crippen LogP contribution in [0.5, 0.6) is 0 Å². The summed E-state index contributed by atoms with van der Waals surface area (Å²) in [5.41, 5.74) is -3.02. The van der Waals surface area contributed by atoms with Gasteiger partial charge in [-0.3, -0.25) is 25.0 Å². The van der Waals surface area contributed by atoms with Crippen molar-refractivity contribution in [3.05, 3.63) is 55.6 Å². The van der Waals surface area contributed by atoms with Crippen molar-refractivity contribution in [3.8, 4) is 0 Å². The second-order valence-corrected chi connectivity index (χ2v) is 4.37. The molecule has 0 bridgehead atoms. The van der Waals surface area contributed by atoms with Crippen LogP contribution in [0.3, 0.4) is 0 Å². The second kappa shape index (κ2) is 7.22.